The molecule has 222 valence electrons. The Morgan fingerprint density at radius 3 is 2.42 bits per heavy atom. The van der Waals surface area contributed by atoms with Gasteiger partial charge in [0.05, 0.1) is 22.2 Å². The van der Waals surface area contributed by atoms with Crippen LogP contribution < -0.4 is 16.4 Å². The topological polar surface area (TPSA) is 138 Å². The fourth-order valence-electron chi connectivity index (χ4n) is 4.80. The largest absolute Gasteiger partial charge is 0.391 e. The van der Waals surface area contributed by atoms with Crippen molar-refractivity contribution in [3.63, 3.8) is 0 Å². The van der Waals surface area contributed by atoms with Gasteiger partial charge in [0.15, 0.2) is 0 Å². The van der Waals surface area contributed by atoms with Crippen LogP contribution in [-0.2, 0) is 20.9 Å². The number of β-amino-alcohol motifs (C(OH)–C–C–N with tert-alkyl or cyclic N) is 1. The van der Waals surface area contributed by atoms with E-state index in [4.69, 9.17) is 5.73 Å². The third-order valence-electron chi connectivity index (χ3n) is 7.07. The number of unbranched alkanes of at least 4 members (excludes halogenated alkanes) is 3. The number of nitrogens with zero attached hydrogens (tertiary/aromatic N) is 2. The number of nitrogens with one attached hydrogen (secondary N) is 2. The van der Waals surface area contributed by atoms with Crippen LogP contribution in [0.4, 0.5) is 0 Å². The van der Waals surface area contributed by atoms with E-state index in [9.17, 15) is 19.5 Å². The molecule has 1 aromatic carbocycles. The molecular weight excluding hydrogens is 550 g/mol. The number of aryl methyl sites for hydroxylation is 1. The van der Waals surface area contributed by atoms with Crippen LogP contribution >= 0.6 is 23.7 Å². The Morgan fingerprint density at radius 1 is 1.15 bits per heavy atom. The van der Waals surface area contributed by atoms with Crippen LogP contribution in [0.15, 0.2) is 29.8 Å². The molecule has 11 heteroatoms. The van der Waals surface area contributed by atoms with Crippen molar-refractivity contribution in [3.05, 3.63) is 41.0 Å². The molecule has 1 aliphatic heterocycles. The van der Waals surface area contributed by atoms with Crippen molar-refractivity contribution in [3.8, 4) is 10.4 Å². The van der Waals surface area contributed by atoms with Crippen molar-refractivity contribution in [2.24, 2.45) is 11.1 Å². The van der Waals surface area contributed by atoms with Gasteiger partial charge in [-0.1, -0.05) is 57.9 Å². The monoisotopic (exact) mass is 593 g/mol. The van der Waals surface area contributed by atoms with Gasteiger partial charge >= 0.3 is 0 Å². The Morgan fingerprint density at radius 2 is 1.82 bits per heavy atom. The summed E-state index contributed by atoms with van der Waals surface area (Å²) in [6.45, 7) is 8.63. The number of likely N-dealkylation sites (tertiary alicyclic amines) is 1. The summed E-state index contributed by atoms with van der Waals surface area (Å²) in [6.07, 6.45) is 3.24. The second kappa shape index (κ2) is 15.5. The molecule has 3 atom stereocenters. The predicted molar refractivity (Wildman–Crippen MR) is 161 cm³/mol. The second-order valence-corrected chi connectivity index (χ2v) is 12.3. The molecule has 2 aromatic rings. The lowest BCUT2D eigenvalue weighted by atomic mass is 9.85. The number of hydrogen-bond acceptors (Lipinski definition) is 7. The van der Waals surface area contributed by atoms with Gasteiger partial charge in [-0.3, -0.25) is 14.4 Å². The number of benzene rings is 1. The van der Waals surface area contributed by atoms with E-state index < -0.39 is 23.6 Å². The Hall–Kier alpha value is -2.53. The minimum Gasteiger partial charge on any atom is -0.391 e. The Bertz CT molecular complexity index is 1120. The molecule has 1 saturated heterocycles. The standard InChI is InChI=1S/C29H43N5O4S.ClH/c1-19-25(39-18-32-19)21-12-10-20(11-13-21)16-31-27(37)23-15-22(35)17-34(23)28(38)26(29(2,3)4)33-24(36)9-7-5-6-8-14-30;/h10-13,18,22-23,26,35H,5-9,14-17,30H2,1-4H3,(H,31,37)(H,33,36);1H/t22?,23?,26-;/m1./s1. The molecule has 0 aliphatic carbocycles. The van der Waals surface area contributed by atoms with Crippen molar-refractivity contribution >= 4 is 41.5 Å². The van der Waals surface area contributed by atoms with E-state index >= 15 is 0 Å². The highest BCUT2D eigenvalue weighted by atomic mass is 35.5. The van der Waals surface area contributed by atoms with E-state index in [0.29, 0.717) is 19.5 Å². The van der Waals surface area contributed by atoms with Crippen molar-refractivity contribution in [2.45, 2.75) is 91.0 Å². The predicted octanol–water partition coefficient (Wildman–Crippen LogP) is 3.56. The number of hydrogen-bond donors (Lipinski definition) is 4. The summed E-state index contributed by atoms with van der Waals surface area (Å²) in [6, 6.07) is 6.32. The summed E-state index contributed by atoms with van der Waals surface area (Å²) in [4.78, 5) is 46.3. The van der Waals surface area contributed by atoms with Crippen LogP contribution in [0.3, 0.4) is 0 Å². The van der Waals surface area contributed by atoms with E-state index in [0.717, 1.165) is 47.4 Å². The SMILES string of the molecule is Cc1ncsc1-c1ccc(CNC(=O)C2CC(O)CN2C(=O)[C@@H](NC(=O)CCCCCCN)C(C)(C)C)cc1.Cl. The average molecular weight is 594 g/mol. The first kappa shape index (κ1) is 33.7. The highest BCUT2D eigenvalue weighted by molar-refractivity contribution is 7.13. The van der Waals surface area contributed by atoms with Gasteiger partial charge in [0.2, 0.25) is 17.7 Å². The van der Waals surface area contributed by atoms with Gasteiger partial charge in [0.1, 0.15) is 12.1 Å². The van der Waals surface area contributed by atoms with Gasteiger partial charge in [-0.2, -0.15) is 0 Å². The van der Waals surface area contributed by atoms with Gasteiger partial charge < -0.3 is 26.4 Å². The number of aliphatic hydroxyl groups is 1. The number of halogens is 1. The number of rotatable bonds is 12. The van der Waals surface area contributed by atoms with Crippen LogP contribution in [-0.4, -0.2) is 64.0 Å². The number of carbonyl (C=O) groups is 3. The summed E-state index contributed by atoms with van der Waals surface area (Å²) >= 11 is 1.59. The first-order valence-corrected chi connectivity index (χ1v) is 14.6. The van der Waals surface area contributed by atoms with Crippen LogP contribution in [0.2, 0.25) is 0 Å². The zero-order chi connectivity index (χ0) is 28.6. The summed E-state index contributed by atoms with van der Waals surface area (Å²) in [7, 11) is 0. The molecule has 2 heterocycles. The molecule has 0 spiro atoms. The summed E-state index contributed by atoms with van der Waals surface area (Å²) in [5, 5.41) is 16.2. The van der Waals surface area contributed by atoms with E-state index in [1.54, 1.807) is 11.3 Å². The van der Waals surface area contributed by atoms with Gasteiger partial charge in [0.25, 0.3) is 0 Å². The molecule has 1 fully saturated rings. The molecule has 40 heavy (non-hydrogen) atoms. The maximum Gasteiger partial charge on any atom is 0.246 e. The lowest BCUT2D eigenvalue weighted by Crippen LogP contribution is -2.57. The highest BCUT2D eigenvalue weighted by Gasteiger charge is 2.44. The summed E-state index contributed by atoms with van der Waals surface area (Å²) in [5.41, 5.74) is 9.76. The third kappa shape index (κ3) is 9.26. The summed E-state index contributed by atoms with van der Waals surface area (Å²) in [5.74, 6) is -0.852. The molecule has 9 nitrogen and oxygen atoms in total. The van der Waals surface area contributed by atoms with Crippen LogP contribution in [0.25, 0.3) is 10.4 Å². The average Bonchev–Trinajstić information content (AvgIpc) is 3.50. The highest BCUT2D eigenvalue weighted by Crippen LogP contribution is 2.28. The van der Waals surface area contributed by atoms with Crippen molar-refractivity contribution in [1.29, 1.82) is 0 Å². The molecule has 3 rings (SSSR count). The Balaban J connectivity index is 0.00000560. The van der Waals surface area contributed by atoms with Crippen LogP contribution in [0.5, 0.6) is 0 Å². The molecular formula is C29H44ClN5O4S. The van der Waals surface area contributed by atoms with Crippen molar-refractivity contribution in [1.82, 2.24) is 20.5 Å². The molecule has 5 N–H and O–H groups in total. The molecule has 1 aromatic heterocycles. The fraction of sp³-hybridized carbons (Fsp3) is 0.586. The summed E-state index contributed by atoms with van der Waals surface area (Å²) < 4.78 is 0. The van der Waals surface area contributed by atoms with E-state index in [1.165, 1.54) is 4.90 Å². The first-order chi connectivity index (χ1) is 18.5. The smallest absolute Gasteiger partial charge is 0.246 e. The normalized spacial score (nSPS) is 17.7. The Kier molecular flexibility index (Phi) is 13.0. The number of nitrogens with two attached hydrogens (primary N) is 1. The number of carbonyl (C=O) groups excluding carboxylic acids is 3. The van der Waals surface area contributed by atoms with E-state index in [-0.39, 0.29) is 43.1 Å². The minimum atomic E-state index is -0.808. The number of amides is 3. The van der Waals surface area contributed by atoms with Gasteiger partial charge in [-0.25, -0.2) is 4.98 Å². The number of aromatic nitrogens is 1. The number of thiazole rings is 1. The molecule has 2 unspecified atom stereocenters. The maximum atomic E-state index is 13.7. The van der Waals surface area contributed by atoms with Crippen LogP contribution in [0, 0.1) is 12.3 Å². The minimum absolute atomic E-state index is 0. The number of aliphatic hydroxyl groups excluding tert-OH is 1. The van der Waals surface area contributed by atoms with Gasteiger partial charge in [-0.15, -0.1) is 23.7 Å². The maximum absolute atomic E-state index is 13.7. The van der Waals surface area contributed by atoms with E-state index in [2.05, 4.69) is 15.6 Å². The lowest BCUT2D eigenvalue weighted by Gasteiger charge is -2.35. The molecule has 3 amide bonds. The van der Waals surface area contributed by atoms with Gasteiger partial charge in [-0.05, 0) is 42.9 Å². The molecule has 0 bridgehead atoms. The zero-order valence-corrected chi connectivity index (χ0v) is 25.6. The quantitative estimate of drug-likeness (QED) is 0.278. The molecule has 0 radical (unpaired) electrons. The Labute approximate surface area is 247 Å². The fourth-order valence-corrected chi connectivity index (χ4v) is 5.61. The first-order valence-electron chi connectivity index (χ1n) is 13.8. The van der Waals surface area contributed by atoms with Crippen LogP contribution in [0.1, 0.15) is 70.6 Å². The van der Waals surface area contributed by atoms with Crippen molar-refractivity contribution < 1.29 is 19.5 Å². The molecule has 1 aliphatic rings. The van der Waals surface area contributed by atoms with Gasteiger partial charge in [0, 0.05) is 25.9 Å². The lowest BCUT2D eigenvalue weighted by molar-refractivity contribution is -0.144. The van der Waals surface area contributed by atoms with Crippen molar-refractivity contribution in [2.75, 3.05) is 13.1 Å². The molecule has 0 saturated carbocycles. The zero-order valence-electron chi connectivity index (χ0n) is 23.9. The second-order valence-electron chi connectivity index (χ2n) is 11.4. The van der Waals surface area contributed by atoms with E-state index in [1.807, 2.05) is 57.5 Å². The third-order valence-corrected chi connectivity index (χ3v) is 8.05.